The second-order valence-corrected chi connectivity index (χ2v) is 6.00. The minimum Gasteiger partial charge on any atom is -0.478 e. The summed E-state index contributed by atoms with van der Waals surface area (Å²) in [6, 6.07) is 2.87. The molecular formula is C15H19N3O3. The molecule has 4 N–H and O–H groups in total. The Bertz CT molecular complexity index is 573. The van der Waals surface area contributed by atoms with Crippen molar-refractivity contribution < 1.29 is 14.7 Å². The summed E-state index contributed by atoms with van der Waals surface area (Å²) >= 11 is 0. The van der Waals surface area contributed by atoms with E-state index in [1.165, 1.54) is 18.3 Å². The Morgan fingerprint density at radius 1 is 1.38 bits per heavy atom. The van der Waals surface area contributed by atoms with Gasteiger partial charge in [0.15, 0.2) is 0 Å². The van der Waals surface area contributed by atoms with Gasteiger partial charge in [-0.15, -0.1) is 0 Å². The summed E-state index contributed by atoms with van der Waals surface area (Å²) in [5.41, 5.74) is 6.86. The third kappa shape index (κ3) is 2.63. The molecule has 2 aliphatic carbocycles. The zero-order chi connectivity index (χ0) is 15.0. The average molecular weight is 289 g/mol. The van der Waals surface area contributed by atoms with Crippen LogP contribution in [0.2, 0.25) is 0 Å². The number of amides is 1. The molecule has 1 aromatic heterocycles. The lowest BCUT2D eigenvalue weighted by Crippen LogP contribution is -2.45. The van der Waals surface area contributed by atoms with Gasteiger partial charge in [0.2, 0.25) is 5.91 Å². The fourth-order valence-electron chi connectivity index (χ4n) is 3.73. The summed E-state index contributed by atoms with van der Waals surface area (Å²) in [6.45, 7) is 0.237. The molecule has 1 heterocycles. The Labute approximate surface area is 122 Å². The van der Waals surface area contributed by atoms with Crippen molar-refractivity contribution in [2.45, 2.75) is 31.8 Å². The summed E-state index contributed by atoms with van der Waals surface area (Å²) in [5.74, 6) is -0.244. The Kier molecular flexibility index (Phi) is 3.63. The van der Waals surface area contributed by atoms with Crippen molar-refractivity contribution in [2.24, 2.45) is 23.5 Å². The maximum atomic E-state index is 12.3. The number of carbonyl (C=O) groups is 2. The first-order valence-electron chi connectivity index (χ1n) is 7.28. The van der Waals surface area contributed by atoms with Crippen molar-refractivity contribution in [2.75, 3.05) is 0 Å². The van der Waals surface area contributed by atoms with E-state index in [9.17, 15) is 9.59 Å². The van der Waals surface area contributed by atoms with Gasteiger partial charge in [0, 0.05) is 12.2 Å². The van der Waals surface area contributed by atoms with Crippen molar-refractivity contribution in [3.63, 3.8) is 0 Å². The largest absolute Gasteiger partial charge is 0.478 e. The number of pyridine rings is 1. The van der Waals surface area contributed by atoms with Crippen LogP contribution in [0.5, 0.6) is 0 Å². The van der Waals surface area contributed by atoms with Gasteiger partial charge in [-0.25, -0.2) is 4.79 Å². The van der Waals surface area contributed by atoms with Crippen molar-refractivity contribution in [3.05, 3.63) is 29.6 Å². The smallest absolute Gasteiger partial charge is 0.335 e. The number of hydrogen-bond donors (Lipinski definition) is 3. The lowest BCUT2D eigenvalue weighted by atomic mass is 9.84. The zero-order valence-electron chi connectivity index (χ0n) is 11.7. The number of nitrogens with two attached hydrogens (primary N) is 1. The van der Waals surface area contributed by atoms with E-state index < -0.39 is 5.97 Å². The molecule has 0 radical (unpaired) electrons. The molecule has 3 rings (SSSR count). The molecule has 21 heavy (non-hydrogen) atoms. The summed E-state index contributed by atoms with van der Waals surface area (Å²) < 4.78 is 0. The van der Waals surface area contributed by atoms with E-state index in [-0.39, 0.29) is 30.0 Å². The monoisotopic (exact) mass is 289 g/mol. The van der Waals surface area contributed by atoms with Crippen LogP contribution in [-0.4, -0.2) is 28.0 Å². The van der Waals surface area contributed by atoms with Gasteiger partial charge in [0.1, 0.15) is 0 Å². The Balaban J connectivity index is 1.61. The van der Waals surface area contributed by atoms with E-state index in [1.54, 1.807) is 0 Å². The molecule has 2 fully saturated rings. The molecule has 112 valence electrons. The highest BCUT2D eigenvalue weighted by Gasteiger charge is 2.48. The van der Waals surface area contributed by atoms with E-state index in [4.69, 9.17) is 10.8 Å². The first-order chi connectivity index (χ1) is 10.1. The molecular weight excluding hydrogens is 270 g/mol. The third-order valence-corrected chi connectivity index (χ3v) is 4.79. The van der Waals surface area contributed by atoms with Crippen LogP contribution in [0.4, 0.5) is 0 Å². The fraction of sp³-hybridized carbons (Fsp3) is 0.533. The van der Waals surface area contributed by atoms with Crippen LogP contribution >= 0.6 is 0 Å². The maximum absolute atomic E-state index is 12.3. The molecule has 4 unspecified atom stereocenters. The van der Waals surface area contributed by atoms with Crippen LogP contribution < -0.4 is 11.1 Å². The molecule has 0 saturated heterocycles. The van der Waals surface area contributed by atoms with Gasteiger partial charge in [-0.3, -0.25) is 9.78 Å². The quantitative estimate of drug-likeness (QED) is 0.759. The van der Waals surface area contributed by atoms with Crippen LogP contribution in [0.3, 0.4) is 0 Å². The first-order valence-corrected chi connectivity index (χ1v) is 7.28. The van der Waals surface area contributed by atoms with Crippen molar-refractivity contribution in [1.29, 1.82) is 0 Å². The van der Waals surface area contributed by atoms with Gasteiger partial charge in [-0.05, 0) is 43.2 Å². The third-order valence-electron chi connectivity index (χ3n) is 4.79. The van der Waals surface area contributed by atoms with Crippen molar-refractivity contribution in [1.82, 2.24) is 10.3 Å². The lowest BCUT2D eigenvalue weighted by Gasteiger charge is -2.26. The summed E-state index contributed by atoms with van der Waals surface area (Å²) in [4.78, 5) is 27.3. The van der Waals surface area contributed by atoms with Gasteiger partial charge in [0.05, 0.1) is 23.7 Å². The van der Waals surface area contributed by atoms with Crippen LogP contribution in [0, 0.1) is 17.8 Å². The Hall–Kier alpha value is -1.95. The highest BCUT2D eigenvalue weighted by molar-refractivity contribution is 5.87. The number of carboxylic acids is 1. The van der Waals surface area contributed by atoms with Gasteiger partial charge in [-0.1, -0.05) is 0 Å². The number of rotatable bonds is 4. The predicted molar refractivity (Wildman–Crippen MR) is 75.3 cm³/mol. The molecule has 1 amide bonds. The number of nitrogens with one attached hydrogen (secondary N) is 1. The van der Waals surface area contributed by atoms with Gasteiger partial charge in [0.25, 0.3) is 0 Å². The molecule has 0 aliphatic heterocycles. The SMILES string of the molecule is NC1C2CCC(C2)C1C(=O)NCc1cc(C(=O)O)ccn1. The summed E-state index contributed by atoms with van der Waals surface area (Å²) in [7, 11) is 0. The van der Waals surface area contributed by atoms with E-state index in [1.807, 2.05) is 0 Å². The van der Waals surface area contributed by atoms with Crippen LogP contribution in [-0.2, 0) is 11.3 Å². The number of hydrogen-bond acceptors (Lipinski definition) is 4. The molecule has 6 heteroatoms. The van der Waals surface area contributed by atoms with Crippen LogP contribution in [0.15, 0.2) is 18.3 Å². The Morgan fingerprint density at radius 2 is 2.14 bits per heavy atom. The number of aromatic nitrogens is 1. The van der Waals surface area contributed by atoms with Crippen molar-refractivity contribution in [3.8, 4) is 0 Å². The van der Waals surface area contributed by atoms with Gasteiger partial charge < -0.3 is 16.2 Å². The van der Waals surface area contributed by atoms with E-state index in [0.29, 0.717) is 17.5 Å². The molecule has 1 aromatic rings. The van der Waals surface area contributed by atoms with Gasteiger partial charge in [-0.2, -0.15) is 0 Å². The highest BCUT2D eigenvalue weighted by atomic mass is 16.4. The predicted octanol–water partition coefficient (Wildman–Crippen LogP) is 0.769. The van der Waals surface area contributed by atoms with Crippen LogP contribution in [0.25, 0.3) is 0 Å². The topological polar surface area (TPSA) is 105 Å². The number of fused-ring (bicyclic) bond motifs is 2. The molecule has 2 bridgehead atoms. The molecule has 2 aliphatic rings. The zero-order valence-corrected chi connectivity index (χ0v) is 11.7. The normalized spacial score (nSPS) is 30.3. The van der Waals surface area contributed by atoms with E-state index in [0.717, 1.165) is 19.3 Å². The minimum atomic E-state index is -1.000. The number of aromatic carboxylic acids is 1. The van der Waals surface area contributed by atoms with E-state index in [2.05, 4.69) is 10.3 Å². The van der Waals surface area contributed by atoms with E-state index >= 15 is 0 Å². The summed E-state index contributed by atoms with van der Waals surface area (Å²) in [6.07, 6.45) is 4.72. The number of nitrogens with zero attached hydrogens (tertiary/aromatic N) is 1. The highest BCUT2D eigenvalue weighted by Crippen LogP contribution is 2.47. The van der Waals surface area contributed by atoms with Crippen molar-refractivity contribution >= 4 is 11.9 Å². The number of carbonyl (C=O) groups excluding carboxylic acids is 1. The molecule has 4 atom stereocenters. The lowest BCUT2D eigenvalue weighted by molar-refractivity contribution is -0.127. The maximum Gasteiger partial charge on any atom is 0.335 e. The average Bonchev–Trinajstić information content (AvgIpc) is 3.06. The first kappa shape index (κ1) is 14.0. The minimum absolute atomic E-state index is 0.0303. The molecule has 0 spiro atoms. The van der Waals surface area contributed by atoms with Crippen LogP contribution in [0.1, 0.15) is 35.3 Å². The second-order valence-electron chi connectivity index (χ2n) is 6.00. The second kappa shape index (κ2) is 5.44. The molecule has 2 saturated carbocycles. The summed E-state index contributed by atoms with van der Waals surface area (Å²) in [5, 5.41) is 11.8. The fourth-order valence-corrected chi connectivity index (χ4v) is 3.73. The number of carboxylic acid groups (broad SMARTS) is 1. The molecule has 6 nitrogen and oxygen atoms in total. The van der Waals surface area contributed by atoms with Gasteiger partial charge >= 0.3 is 5.97 Å². The Morgan fingerprint density at radius 3 is 2.81 bits per heavy atom. The molecule has 0 aromatic carbocycles. The standard InChI is InChI=1S/C15H19N3O3/c16-13-9-2-1-8(5-9)12(13)14(19)18-7-11-6-10(15(20)21)3-4-17-11/h3-4,6,8-9,12-13H,1-2,5,7,16H2,(H,18,19)(H,20,21).